The van der Waals surface area contributed by atoms with Crippen molar-refractivity contribution < 1.29 is 32.2 Å². The standard InChI is InChI=1S/C23H25F3N4O4/c1-4-29-11-17(34-22(29)31)12-30-10-15-6-7-18(27-21(15)28-30)20-14(3)8-16(23(24,25)26)9-19(20)33-13-32-5-2/h6-10,17H,4-5,11-13H2,1-3H3/t17-/m1/s1. The molecule has 1 saturated heterocycles. The number of aromatic nitrogens is 3. The Balaban J connectivity index is 1.65. The fourth-order valence-corrected chi connectivity index (χ4v) is 3.87. The molecule has 0 unspecified atom stereocenters. The largest absolute Gasteiger partial charge is 0.467 e. The van der Waals surface area contributed by atoms with E-state index in [0.29, 0.717) is 48.7 Å². The third-order valence-corrected chi connectivity index (χ3v) is 5.52. The van der Waals surface area contributed by atoms with E-state index in [-0.39, 0.29) is 24.7 Å². The molecular weight excluding hydrogens is 453 g/mol. The number of rotatable bonds is 8. The summed E-state index contributed by atoms with van der Waals surface area (Å²) in [5.74, 6) is 0.0320. The highest BCUT2D eigenvalue weighted by Gasteiger charge is 2.33. The van der Waals surface area contributed by atoms with Crippen molar-refractivity contribution in [3.8, 4) is 17.0 Å². The summed E-state index contributed by atoms with van der Waals surface area (Å²) in [5.41, 5.74) is 0.847. The van der Waals surface area contributed by atoms with Gasteiger partial charge in [0.15, 0.2) is 12.4 Å². The molecule has 182 valence electrons. The zero-order valence-electron chi connectivity index (χ0n) is 19.1. The number of ether oxygens (including phenoxy) is 3. The lowest BCUT2D eigenvalue weighted by molar-refractivity contribution is -0.137. The Hall–Kier alpha value is -3.34. The van der Waals surface area contributed by atoms with Gasteiger partial charge < -0.3 is 19.1 Å². The lowest BCUT2D eigenvalue weighted by atomic mass is 10.00. The van der Waals surface area contributed by atoms with Crippen molar-refractivity contribution in [1.29, 1.82) is 0 Å². The first kappa shape index (κ1) is 23.8. The van der Waals surface area contributed by atoms with Gasteiger partial charge in [-0.3, -0.25) is 4.68 Å². The van der Waals surface area contributed by atoms with Crippen molar-refractivity contribution in [2.24, 2.45) is 0 Å². The molecule has 1 aliphatic rings. The summed E-state index contributed by atoms with van der Waals surface area (Å²) in [6, 6.07) is 5.54. The molecule has 0 radical (unpaired) electrons. The molecule has 1 fully saturated rings. The minimum atomic E-state index is -4.51. The van der Waals surface area contributed by atoms with Gasteiger partial charge in [-0.1, -0.05) is 0 Å². The van der Waals surface area contributed by atoms with Crippen LogP contribution in [0, 0.1) is 6.92 Å². The van der Waals surface area contributed by atoms with Crippen molar-refractivity contribution >= 4 is 17.1 Å². The lowest BCUT2D eigenvalue weighted by Gasteiger charge is -2.17. The molecule has 1 aromatic carbocycles. The molecule has 2 aromatic heterocycles. The minimum Gasteiger partial charge on any atom is -0.467 e. The molecule has 3 aromatic rings. The van der Waals surface area contributed by atoms with Gasteiger partial charge in [0.25, 0.3) is 0 Å². The highest BCUT2D eigenvalue weighted by Crippen LogP contribution is 2.39. The average molecular weight is 478 g/mol. The van der Waals surface area contributed by atoms with Gasteiger partial charge in [0.2, 0.25) is 0 Å². The number of fused-ring (bicyclic) bond motifs is 1. The number of benzene rings is 1. The molecule has 1 amide bonds. The van der Waals surface area contributed by atoms with Gasteiger partial charge in [0.1, 0.15) is 11.9 Å². The first-order valence-electron chi connectivity index (χ1n) is 10.9. The fraction of sp³-hybridized carbons (Fsp3) is 0.435. The van der Waals surface area contributed by atoms with E-state index in [9.17, 15) is 18.0 Å². The Morgan fingerprint density at radius 2 is 2.03 bits per heavy atom. The summed E-state index contributed by atoms with van der Waals surface area (Å²) < 4.78 is 57.8. The number of nitrogens with zero attached hydrogens (tertiary/aromatic N) is 4. The number of alkyl halides is 3. The van der Waals surface area contributed by atoms with E-state index in [1.165, 1.54) is 0 Å². The van der Waals surface area contributed by atoms with Gasteiger partial charge in [-0.15, -0.1) is 0 Å². The van der Waals surface area contributed by atoms with E-state index in [1.807, 2.05) is 6.92 Å². The summed E-state index contributed by atoms with van der Waals surface area (Å²) in [4.78, 5) is 18.0. The predicted molar refractivity (Wildman–Crippen MR) is 117 cm³/mol. The van der Waals surface area contributed by atoms with Crippen LogP contribution in [0.15, 0.2) is 30.5 Å². The highest BCUT2D eigenvalue weighted by atomic mass is 19.4. The van der Waals surface area contributed by atoms with Crippen molar-refractivity contribution in [2.45, 2.75) is 39.6 Å². The van der Waals surface area contributed by atoms with Crippen LogP contribution in [0.25, 0.3) is 22.3 Å². The number of likely N-dealkylation sites (N-methyl/N-ethyl adjacent to an activating group) is 1. The van der Waals surface area contributed by atoms with Crippen LogP contribution >= 0.6 is 0 Å². The zero-order valence-corrected chi connectivity index (χ0v) is 19.1. The number of carbonyl (C=O) groups is 1. The number of hydrogen-bond acceptors (Lipinski definition) is 6. The van der Waals surface area contributed by atoms with Gasteiger partial charge in [0, 0.05) is 30.3 Å². The van der Waals surface area contributed by atoms with Gasteiger partial charge in [-0.2, -0.15) is 18.3 Å². The van der Waals surface area contributed by atoms with Crippen LogP contribution in [-0.4, -0.2) is 58.4 Å². The maximum absolute atomic E-state index is 13.4. The first-order valence-corrected chi connectivity index (χ1v) is 10.9. The maximum Gasteiger partial charge on any atom is 0.416 e. The molecule has 0 bridgehead atoms. The van der Waals surface area contributed by atoms with Crippen LogP contribution in [0.2, 0.25) is 0 Å². The SMILES string of the molecule is CCOCOc1cc(C(F)(F)F)cc(C)c1-c1ccc2cn(C[C@H]3CN(CC)C(=O)O3)nc2n1. The van der Waals surface area contributed by atoms with Gasteiger partial charge in [0.05, 0.1) is 24.3 Å². The van der Waals surface area contributed by atoms with Crippen LogP contribution in [0.5, 0.6) is 5.75 Å². The molecule has 0 saturated carbocycles. The monoisotopic (exact) mass is 478 g/mol. The smallest absolute Gasteiger partial charge is 0.416 e. The molecular formula is C23H25F3N4O4. The highest BCUT2D eigenvalue weighted by molar-refractivity contribution is 5.80. The molecule has 0 N–H and O–H groups in total. The molecule has 1 atom stereocenters. The average Bonchev–Trinajstić information content (AvgIpc) is 3.34. The van der Waals surface area contributed by atoms with Crippen LogP contribution in [0.4, 0.5) is 18.0 Å². The molecule has 0 spiro atoms. The van der Waals surface area contributed by atoms with Gasteiger partial charge in [-0.05, 0) is 50.6 Å². The van der Waals surface area contributed by atoms with E-state index in [1.54, 1.807) is 41.8 Å². The van der Waals surface area contributed by atoms with Gasteiger partial charge in [-0.25, -0.2) is 9.78 Å². The van der Waals surface area contributed by atoms with Crippen LogP contribution in [0.1, 0.15) is 25.0 Å². The maximum atomic E-state index is 13.4. The molecule has 34 heavy (non-hydrogen) atoms. The Labute approximate surface area is 194 Å². The topological polar surface area (TPSA) is 78.7 Å². The second kappa shape index (κ2) is 9.49. The third-order valence-electron chi connectivity index (χ3n) is 5.52. The van der Waals surface area contributed by atoms with Gasteiger partial charge >= 0.3 is 12.3 Å². The molecule has 0 aliphatic carbocycles. The number of pyridine rings is 1. The summed E-state index contributed by atoms with van der Waals surface area (Å²) in [6.07, 6.45) is -3.39. The zero-order chi connectivity index (χ0) is 24.5. The molecule has 3 heterocycles. The summed E-state index contributed by atoms with van der Waals surface area (Å²) in [5, 5.41) is 5.23. The number of carbonyl (C=O) groups excluding carboxylic acids is 1. The summed E-state index contributed by atoms with van der Waals surface area (Å²) in [6.45, 7) is 6.83. The minimum absolute atomic E-state index is 0.0320. The van der Waals surface area contributed by atoms with E-state index in [2.05, 4.69) is 10.1 Å². The molecule has 1 aliphatic heterocycles. The fourth-order valence-electron chi connectivity index (χ4n) is 3.87. The van der Waals surface area contributed by atoms with Crippen LogP contribution < -0.4 is 4.74 Å². The van der Waals surface area contributed by atoms with Crippen molar-refractivity contribution in [1.82, 2.24) is 19.7 Å². The number of halogens is 3. The van der Waals surface area contributed by atoms with Crippen LogP contribution in [-0.2, 0) is 22.2 Å². The van der Waals surface area contributed by atoms with E-state index in [4.69, 9.17) is 14.2 Å². The van der Waals surface area contributed by atoms with Crippen molar-refractivity contribution in [3.05, 3.63) is 41.6 Å². The molecule has 8 nitrogen and oxygen atoms in total. The van der Waals surface area contributed by atoms with Crippen LogP contribution in [0.3, 0.4) is 0 Å². The molecule has 11 heteroatoms. The van der Waals surface area contributed by atoms with Crippen molar-refractivity contribution in [3.63, 3.8) is 0 Å². The Kier molecular flexibility index (Phi) is 6.65. The Morgan fingerprint density at radius 3 is 2.71 bits per heavy atom. The Bertz CT molecular complexity index is 1190. The first-order chi connectivity index (χ1) is 16.2. The van der Waals surface area contributed by atoms with Crippen molar-refractivity contribution in [2.75, 3.05) is 26.5 Å². The molecule has 4 rings (SSSR count). The quantitative estimate of drug-likeness (QED) is 0.347. The number of hydrogen-bond donors (Lipinski definition) is 0. The number of cyclic esters (lactones) is 1. The lowest BCUT2D eigenvalue weighted by Crippen LogP contribution is -2.25. The Morgan fingerprint density at radius 1 is 1.24 bits per heavy atom. The van der Waals surface area contributed by atoms with E-state index in [0.717, 1.165) is 17.5 Å². The second-order valence-corrected chi connectivity index (χ2v) is 7.92. The summed E-state index contributed by atoms with van der Waals surface area (Å²) in [7, 11) is 0. The van der Waals surface area contributed by atoms with E-state index < -0.39 is 11.7 Å². The number of amides is 1. The normalized spacial score (nSPS) is 16.4. The second-order valence-electron chi connectivity index (χ2n) is 7.92. The predicted octanol–water partition coefficient (Wildman–Crippen LogP) is 4.64. The van der Waals surface area contributed by atoms with E-state index >= 15 is 0 Å². The summed E-state index contributed by atoms with van der Waals surface area (Å²) >= 11 is 0. The number of aryl methyl sites for hydroxylation is 1. The third kappa shape index (κ3) is 4.93.